The van der Waals surface area contributed by atoms with E-state index in [1.165, 1.54) is 35.7 Å². The van der Waals surface area contributed by atoms with Gasteiger partial charge < -0.3 is 10.1 Å². The summed E-state index contributed by atoms with van der Waals surface area (Å²) in [4.78, 5) is 12.9. The number of sulfonamides is 2. The molecule has 0 saturated carbocycles. The quantitative estimate of drug-likeness (QED) is 0.241. The molecule has 11 heteroatoms. The van der Waals surface area contributed by atoms with Gasteiger partial charge >= 0.3 is 0 Å². The average molecular weight is 608 g/mol. The molecule has 0 saturated heterocycles. The minimum atomic E-state index is -3.90. The van der Waals surface area contributed by atoms with Crippen molar-refractivity contribution in [2.75, 3.05) is 27.7 Å². The third-order valence-corrected chi connectivity index (χ3v) is 9.26. The molecule has 4 aromatic carbocycles. The van der Waals surface area contributed by atoms with E-state index in [4.69, 9.17) is 4.74 Å². The molecule has 0 fully saturated rings. The maximum Gasteiger partial charge on any atom is 0.262 e. The van der Waals surface area contributed by atoms with Gasteiger partial charge in [0.25, 0.3) is 15.9 Å². The van der Waals surface area contributed by atoms with Crippen molar-refractivity contribution in [2.45, 2.75) is 32.2 Å². The van der Waals surface area contributed by atoms with Gasteiger partial charge in [-0.1, -0.05) is 24.3 Å². The molecular weight excluding hydrogens is 574 g/mol. The third-order valence-electron chi connectivity index (χ3n) is 6.74. The summed E-state index contributed by atoms with van der Waals surface area (Å²) < 4.78 is 60.1. The van der Waals surface area contributed by atoms with Gasteiger partial charge in [-0.2, -0.15) is 0 Å². The van der Waals surface area contributed by atoms with Crippen LogP contribution in [0.3, 0.4) is 0 Å². The highest BCUT2D eigenvalue weighted by Crippen LogP contribution is 2.28. The maximum atomic E-state index is 12.9. The highest BCUT2D eigenvalue weighted by Gasteiger charge is 2.20. The van der Waals surface area contributed by atoms with Gasteiger partial charge in [0.1, 0.15) is 5.75 Å². The van der Waals surface area contributed by atoms with Crippen molar-refractivity contribution in [3.63, 3.8) is 0 Å². The van der Waals surface area contributed by atoms with Crippen molar-refractivity contribution in [1.82, 2.24) is 0 Å². The van der Waals surface area contributed by atoms with Crippen LogP contribution >= 0.6 is 0 Å². The summed E-state index contributed by atoms with van der Waals surface area (Å²) in [5, 5.41) is 2.75. The monoisotopic (exact) mass is 607 g/mol. The van der Waals surface area contributed by atoms with E-state index in [0.717, 1.165) is 22.9 Å². The minimum Gasteiger partial charge on any atom is -0.495 e. The molecule has 0 atom stereocenters. The van der Waals surface area contributed by atoms with Crippen molar-refractivity contribution < 1.29 is 26.4 Å². The first kappa shape index (κ1) is 30.6. The lowest BCUT2D eigenvalue weighted by molar-refractivity contribution is 0.102. The Hall–Kier alpha value is -4.35. The van der Waals surface area contributed by atoms with Gasteiger partial charge in [0.2, 0.25) is 10.0 Å². The summed E-state index contributed by atoms with van der Waals surface area (Å²) in [5.74, 6) is 0.00209. The van der Waals surface area contributed by atoms with E-state index in [1.807, 2.05) is 39.0 Å². The van der Waals surface area contributed by atoms with Crippen LogP contribution in [0.1, 0.15) is 32.6 Å². The zero-order chi connectivity index (χ0) is 30.7. The molecule has 0 spiro atoms. The molecule has 9 nitrogen and oxygen atoms in total. The standard InChI is InChI=1S/C31H33N3O6S2/c1-21-6-17-30(40-4)29(18-21)33-42(38,39)28-15-12-26(13-16-28)32-31(35)25-10-8-24(9-11-25)20-34(41(5,36)37)27-14-7-22(2)23(3)19-27/h6-19,33H,20H2,1-5H3,(H,32,35). The van der Waals surface area contributed by atoms with Crippen LogP contribution in [-0.2, 0) is 26.6 Å². The number of carbonyl (C=O) groups excluding carboxylic acids is 1. The van der Waals surface area contributed by atoms with Crippen molar-refractivity contribution in [3.05, 3.63) is 113 Å². The van der Waals surface area contributed by atoms with Crippen LogP contribution in [0.15, 0.2) is 89.8 Å². The average Bonchev–Trinajstić information content (AvgIpc) is 2.93. The predicted octanol–water partition coefficient (Wildman–Crippen LogP) is 5.64. The first-order valence-corrected chi connectivity index (χ1v) is 16.3. The Labute approximate surface area is 247 Å². The van der Waals surface area contributed by atoms with Crippen LogP contribution in [0.25, 0.3) is 0 Å². The zero-order valence-corrected chi connectivity index (χ0v) is 25.6. The topological polar surface area (TPSA) is 122 Å². The molecule has 1 amide bonds. The molecule has 0 unspecified atom stereocenters. The lowest BCUT2D eigenvalue weighted by Gasteiger charge is -2.23. The first-order chi connectivity index (χ1) is 19.8. The summed E-state index contributed by atoms with van der Waals surface area (Å²) >= 11 is 0. The molecular formula is C31H33N3O6S2. The molecule has 4 rings (SSSR count). The number of ether oxygens (including phenoxy) is 1. The fraction of sp³-hybridized carbons (Fsp3) is 0.194. The van der Waals surface area contributed by atoms with E-state index in [1.54, 1.807) is 42.5 Å². The Balaban J connectivity index is 1.44. The number of benzene rings is 4. The highest BCUT2D eigenvalue weighted by atomic mass is 32.2. The predicted molar refractivity (Wildman–Crippen MR) is 166 cm³/mol. The van der Waals surface area contributed by atoms with Crippen molar-refractivity contribution in [2.24, 2.45) is 0 Å². The number of nitrogens with one attached hydrogen (secondary N) is 2. The SMILES string of the molecule is COc1ccc(C)cc1NS(=O)(=O)c1ccc(NC(=O)c2ccc(CN(c3ccc(C)c(C)c3)S(C)(=O)=O)cc2)cc1. The molecule has 4 aromatic rings. The normalized spacial score (nSPS) is 11.5. The molecule has 0 aromatic heterocycles. The maximum absolute atomic E-state index is 12.9. The smallest absolute Gasteiger partial charge is 0.262 e. The van der Waals surface area contributed by atoms with E-state index in [0.29, 0.717) is 33.9 Å². The van der Waals surface area contributed by atoms with E-state index in [2.05, 4.69) is 10.0 Å². The summed E-state index contributed by atoms with van der Waals surface area (Å²) in [6, 6.07) is 23.1. The van der Waals surface area contributed by atoms with Crippen LogP contribution in [0, 0.1) is 20.8 Å². The second-order valence-corrected chi connectivity index (χ2v) is 13.6. The van der Waals surface area contributed by atoms with Crippen LogP contribution in [-0.4, -0.2) is 36.1 Å². The summed E-state index contributed by atoms with van der Waals surface area (Å²) in [6.45, 7) is 5.85. The Morgan fingerprint density at radius 3 is 2.07 bits per heavy atom. The number of hydrogen-bond acceptors (Lipinski definition) is 6. The molecule has 0 aliphatic carbocycles. The van der Waals surface area contributed by atoms with Crippen molar-refractivity contribution in [3.8, 4) is 5.75 Å². The Morgan fingerprint density at radius 1 is 0.810 bits per heavy atom. The second kappa shape index (κ2) is 12.3. The fourth-order valence-corrected chi connectivity index (χ4v) is 6.18. The number of hydrogen-bond donors (Lipinski definition) is 2. The minimum absolute atomic E-state index is 0.0209. The van der Waals surface area contributed by atoms with Crippen LogP contribution in [0.2, 0.25) is 0 Å². The number of nitrogens with zero attached hydrogens (tertiary/aromatic N) is 1. The van der Waals surface area contributed by atoms with Gasteiger partial charge in [0.05, 0.1) is 36.2 Å². The number of amides is 1. The van der Waals surface area contributed by atoms with E-state index < -0.39 is 26.0 Å². The van der Waals surface area contributed by atoms with Gasteiger partial charge in [-0.3, -0.25) is 13.8 Å². The van der Waals surface area contributed by atoms with Gasteiger partial charge in [-0.05, 0) is 104 Å². The summed E-state index contributed by atoms with van der Waals surface area (Å²) in [7, 11) is -5.99. The van der Waals surface area contributed by atoms with Gasteiger partial charge in [0.15, 0.2) is 0 Å². The van der Waals surface area contributed by atoms with Gasteiger partial charge in [-0.15, -0.1) is 0 Å². The highest BCUT2D eigenvalue weighted by molar-refractivity contribution is 7.92. The third kappa shape index (κ3) is 7.29. The first-order valence-electron chi connectivity index (χ1n) is 13.0. The molecule has 42 heavy (non-hydrogen) atoms. The van der Waals surface area contributed by atoms with Crippen LogP contribution in [0.5, 0.6) is 5.75 Å². The number of anilines is 3. The lowest BCUT2D eigenvalue weighted by Crippen LogP contribution is -2.29. The summed E-state index contributed by atoms with van der Waals surface area (Å²) in [6.07, 6.45) is 1.16. The Kier molecular flexibility index (Phi) is 8.93. The molecule has 0 aliphatic heterocycles. The summed E-state index contributed by atoms with van der Waals surface area (Å²) in [5.41, 5.74) is 5.30. The zero-order valence-electron chi connectivity index (χ0n) is 24.0. The molecule has 0 aliphatic rings. The van der Waals surface area contributed by atoms with E-state index in [9.17, 15) is 21.6 Å². The van der Waals surface area contributed by atoms with Gasteiger partial charge in [-0.25, -0.2) is 16.8 Å². The van der Waals surface area contributed by atoms with E-state index >= 15 is 0 Å². The van der Waals surface area contributed by atoms with Gasteiger partial charge in [0, 0.05) is 11.3 Å². The van der Waals surface area contributed by atoms with Crippen molar-refractivity contribution in [1.29, 1.82) is 0 Å². The second-order valence-electron chi connectivity index (χ2n) is 10.0. The molecule has 0 heterocycles. The molecule has 0 radical (unpaired) electrons. The Morgan fingerprint density at radius 2 is 1.48 bits per heavy atom. The molecule has 0 bridgehead atoms. The largest absolute Gasteiger partial charge is 0.495 e. The van der Waals surface area contributed by atoms with Crippen molar-refractivity contribution >= 4 is 43.0 Å². The van der Waals surface area contributed by atoms with Crippen LogP contribution in [0.4, 0.5) is 17.1 Å². The molecule has 220 valence electrons. The lowest BCUT2D eigenvalue weighted by atomic mass is 10.1. The number of rotatable bonds is 10. The number of methoxy groups -OCH3 is 1. The molecule has 2 N–H and O–H groups in total. The number of aryl methyl sites for hydroxylation is 3. The van der Waals surface area contributed by atoms with E-state index in [-0.39, 0.29) is 11.4 Å². The fourth-order valence-electron chi connectivity index (χ4n) is 4.23. The Bertz CT molecular complexity index is 1820. The van der Waals surface area contributed by atoms with Crippen LogP contribution < -0.4 is 19.1 Å². The number of carbonyl (C=O) groups is 1.